The molecule has 1 atom stereocenters. The van der Waals surface area contributed by atoms with Crippen LogP contribution >= 0.6 is 22.6 Å². The first-order valence-electron chi connectivity index (χ1n) is 5.08. The molecule has 0 heterocycles. The van der Waals surface area contributed by atoms with E-state index in [9.17, 15) is 18.3 Å². The number of benzene rings is 2. The SMILES string of the molecule is OC(c1ccccc1I)c1ccc(F)c(F)c1F. The van der Waals surface area contributed by atoms with Crippen LogP contribution in [-0.4, -0.2) is 5.11 Å². The van der Waals surface area contributed by atoms with Gasteiger partial charge in [0.1, 0.15) is 6.10 Å². The number of aliphatic hydroxyl groups excluding tert-OH is 1. The predicted octanol–water partition coefficient (Wildman–Crippen LogP) is 3.79. The molecule has 0 aromatic heterocycles. The van der Waals surface area contributed by atoms with Crippen LogP contribution in [0, 0.1) is 21.0 Å². The van der Waals surface area contributed by atoms with Crippen LogP contribution in [0.4, 0.5) is 13.2 Å². The molecule has 2 aromatic rings. The summed E-state index contributed by atoms with van der Waals surface area (Å²) < 4.78 is 40.2. The highest BCUT2D eigenvalue weighted by atomic mass is 127. The number of aliphatic hydroxyl groups is 1. The summed E-state index contributed by atoms with van der Waals surface area (Å²) in [5.41, 5.74) is 0.168. The molecule has 0 aliphatic carbocycles. The van der Waals surface area contributed by atoms with Crippen LogP contribution in [0.15, 0.2) is 36.4 Å². The molecule has 2 aromatic carbocycles. The van der Waals surface area contributed by atoms with Crippen molar-refractivity contribution in [1.29, 1.82) is 0 Å². The van der Waals surface area contributed by atoms with Gasteiger partial charge in [0.15, 0.2) is 17.5 Å². The van der Waals surface area contributed by atoms with E-state index in [0.717, 1.165) is 12.1 Å². The summed E-state index contributed by atoms with van der Waals surface area (Å²) in [4.78, 5) is 0. The first-order chi connectivity index (χ1) is 8.52. The minimum absolute atomic E-state index is 0.280. The molecule has 0 fully saturated rings. The maximum Gasteiger partial charge on any atom is 0.194 e. The molecule has 0 aliphatic heterocycles. The highest BCUT2D eigenvalue weighted by molar-refractivity contribution is 14.1. The molecule has 1 nitrogen and oxygen atoms in total. The van der Waals surface area contributed by atoms with Gasteiger partial charge < -0.3 is 5.11 Å². The smallest absolute Gasteiger partial charge is 0.194 e. The lowest BCUT2D eigenvalue weighted by molar-refractivity contribution is 0.211. The Morgan fingerprint density at radius 1 is 0.889 bits per heavy atom. The number of halogens is 4. The summed E-state index contributed by atoms with van der Waals surface area (Å²) in [6, 6.07) is 8.62. The van der Waals surface area contributed by atoms with Crippen molar-refractivity contribution in [2.24, 2.45) is 0 Å². The molecule has 0 saturated carbocycles. The quantitative estimate of drug-likeness (QED) is 0.635. The highest BCUT2D eigenvalue weighted by Crippen LogP contribution is 2.29. The van der Waals surface area contributed by atoms with E-state index in [-0.39, 0.29) is 5.56 Å². The summed E-state index contributed by atoms with van der Waals surface area (Å²) in [5, 5.41) is 10.0. The van der Waals surface area contributed by atoms with Gasteiger partial charge in [-0.05, 0) is 40.3 Å². The van der Waals surface area contributed by atoms with Crippen molar-refractivity contribution in [2.45, 2.75) is 6.10 Å². The minimum atomic E-state index is -1.57. The molecule has 0 bridgehead atoms. The first-order valence-corrected chi connectivity index (χ1v) is 6.16. The van der Waals surface area contributed by atoms with E-state index < -0.39 is 23.6 Å². The second-order valence-corrected chi connectivity index (χ2v) is 4.85. The van der Waals surface area contributed by atoms with Crippen molar-refractivity contribution < 1.29 is 18.3 Å². The van der Waals surface area contributed by atoms with Crippen LogP contribution in [0.2, 0.25) is 0 Å². The normalized spacial score (nSPS) is 12.5. The van der Waals surface area contributed by atoms with Gasteiger partial charge >= 0.3 is 0 Å². The molecule has 18 heavy (non-hydrogen) atoms. The summed E-state index contributed by atoms with van der Waals surface area (Å²) in [7, 11) is 0. The second-order valence-electron chi connectivity index (χ2n) is 3.69. The van der Waals surface area contributed by atoms with E-state index in [0.29, 0.717) is 9.13 Å². The van der Waals surface area contributed by atoms with Crippen molar-refractivity contribution in [3.63, 3.8) is 0 Å². The van der Waals surface area contributed by atoms with E-state index in [1.54, 1.807) is 24.3 Å². The van der Waals surface area contributed by atoms with Gasteiger partial charge in [0.25, 0.3) is 0 Å². The van der Waals surface area contributed by atoms with Gasteiger partial charge in [0.05, 0.1) is 0 Å². The average Bonchev–Trinajstić information content (AvgIpc) is 2.36. The molecular weight excluding hydrogens is 356 g/mol. The van der Waals surface area contributed by atoms with E-state index in [1.807, 2.05) is 22.6 Å². The molecule has 0 saturated heterocycles. The second kappa shape index (κ2) is 5.27. The molecular formula is C13H8F3IO. The summed E-state index contributed by atoms with van der Waals surface area (Å²) >= 11 is 1.98. The lowest BCUT2D eigenvalue weighted by Crippen LogP contribution is -2.07. The Morgan fingerprint density at radius 3 is 2.22 bits per heavy atom. The molecule has 0 spiro atoms. The van der Waals surface area contributed by atoms with Crippen molar-refractivity contribution in [2.75, 3.05) is 0 Å². The third kappa shape index (κ3) is 2.37. The molecule has 5 heteroatoms. The van der Waals surface area contributed by atoms with Crippen molar-refractivity contribution in [1.82, 2.24) is 0 Å². The van der Waals surface area contributed by atoms with Gasteiger partial charge in [0.2, 0.25) is 0 Å². The van der Waals surface area contributed by atoms with Crippen molar-refractivity contribution in [3.8, 4) is 0 Å². The van der Waals surface area contributed by atoms with Gasteiger partial charge in [-0.15, -0.1) is 0 Å². The Balaban J connectivity index is 2.50. The number of hydrogen-bond acceptors (Lipinski definition) is 1. The summed E-state index contributed by atoms with van der Waals surface area (Å²) in [5.74, 6) is -4.20. The monoisotopic (exact) mass is 364 g/mol. The molecule has 94 valence electrons. The molecule has 0 radical (unpaired) electrons. The van der Waals surface area contributed by atoms with Crippen LogP contribution in [0.5, 0.6) is 0 Å². The van der Waals surface area contributed by atoms with Gasteiger partial charge in [-0.25, -0.2) is 13.2 Å². The number of rotatable bonds is 2. The fourth-order valence-electron chi connectivity index (χ4n) is 1.62. The average molecular weight is 364 g/mol. The highest BCUT2D eigenvalue weighted by Gasteiger charge is 2.21. The summed E-state index contributed by atoms with van der Waals surface area (Å²) in [6.07, 6.45) is -1.33. The molecule has 0 aliphatic rings. The molecule has 1 N–H and O–H groups in total. The van der Waals surface area contributed by atoms with Crippen LogP contribution in [-0.2, 0) is 0 Å². The maximum atomic E-state index is 13.6. The summed E-state index contributed by atoms with van der Waals surface area (Å²) in [6.45, 7) is 0. The van der Waals surface area contributed by atoms with Crippen LogP contribution in [0.1, 0.15) is 17.2 Å². The zero-order valence-electron chi connectivity index (χ0n) is 9.00. The van der Waals surface area contributed by atoms with Gasteiger partial charge in [-0.1, -0.05) is 24.3 Å². The third-order valence-electron chi connectivity index (χ3n) is 2.56. The van der Waals surface area contributed by atoms with Gasteiger partial charge in [-0.2, -0.15) is 0 Å². The van der Waals surface area contributed by atoms with Crippen molar-refractivity contribution >= 4 is 22.6 Å². The first kappa shape index (κ1) is 13.4. The van der Waals surface area contributed by atoms with E-state index in [1.165, 1.54) is 0 Å². The zero-order chi connectivity index (χ0) is 13.3. The van der Waals surface area contributed by atoms with Crippen LogP contribution < -0.4 is 0 Å². The standard InChI is InChI=1S/C13H8F3IO/c14-9-6-5-8(11(15)12(9)16)13(18)7-3-1-2-4-10(7)17/h1-6,13,18H. The third-order valence-corrected chi connectivity index (χ3v) is 3.54. The lowest BCUT2D eigenvalue weighted by atomic mass is 10.0. The van der Waals surface area contributed by atoms with E-state index in [2.05, 4.69) is 0 Å². The molecule has 2 rings (SSSR count). The fourth-order valence-corrected chi connectivity index (χ4v) is 2.30. The van der Waals surface area contributed by atoms with Crippen LogP contribution in [0.25, 0.3) is 0 Å². The Morgan fingerprint density at radius 2 is 1.56 bits per heavy atom. The molecule has 1 unspecified atom stereocenters. The lowest BCUT2D eigenvalue weighted by Gasteiger charge is -2.14. The zero-order valence-corrected chi connectivity index (χ0v) is 11.2. The largest absolute Gasteiger partial charge is 0.384 e. The number of hydrogen-bond donors (Lipinski definition) is 1. The maximum absolute atomic E-state index is 13.6. The Bertz CT molecular complexity index is 586. The fraction of sp³-hybridized carbons (Fsp3) is 0.0769. The predicted molar refractivity (Wildman–Crippen MR) is 69.5 cm³/mol. The Labute approximate surface area is 115 Å². The molecule has 0 amide bonds. The topological polar surface area (TPSA) is 20.2 Å². The van der Waals surface area contributed by atoms with E-state index in [4.69, 9.17) is 0 Å². The van der Waals surface area contributed by atoms with E-state index >= 15 is 0 Å². The van der Waals surface area contributed by atoms with Crippen LogP contribution in [0.3, 0.4) is 0 Å². The van der Waals surface area contributed by atoms with Gasteiger partial charge in [-0.3, -0.25) is 0 Å². The van der Waals surface area contributed by atoms with Gasteiger partial charge in [0, 0.05) is 9.13 Å². The Hall–Kier alpha value is -1.08. The van der Waals surface area contributed by atoms with Crippen molar-refractivity contribution in [3.05, 3.63) is 68.5 Å². The Kier molecular flexibility index (Phi) is 3.91. The minimum Gasteiger partial charge on any atom is -0.384 e.